The van der Waals surface area contributed by atoms with Gasteiger partial charge < -0.3 is 19.9 Å². The van der Waals surface area contributed by atoms with Crippen molar-refractivity contribution in [2.24, 2.45) is 0 Å². The van der Waals surface area contributed by atoms with Gasteiger partial charge in [0.25, 0.3) is 0 Å². The van der Waals surface area contributed by atoms with Crippen molar-refractivity contribution in [3.63, 3.8) is 0 Å². The van der Waals surface area contributed by atoms with Gasteiger partial charge in [-0.1, -0.05) is 157 Å². The molecule has 15 rings (SSSR count). The van der Waals surface area contributed by atoms with Gasteiger partial charge in [-0.3, -0.25) is 18.8 Å². The smallest absolute Gasteiger partial charge is 0.194 e. The van der Waals surface area contributed by atoms with E-state index in [0.29, 0.717) is 0 Å². The average Bonchev–Trinajstić information content (AvgIpc) is 3.50. The lowest BCUT2D eigenvalue weighted by atomic mass is 9.83. The molecule has 0 amide bonds. The SMILES string of the molecule is COc1cc2c3c(cccc3c1Br)C(=O)c1ccccc1-2.COc1cc2c3c(cccc3c1Sc1ccccc1N)C(=O)c1ccccc1-2.COc1cc2c3ccccc3c(=O)c3ccc4c5ccccc5sc1c4c32.[2H]CF. The molecular formula is C67H45BrFNO6S2. The van der Waals surface area contributed by atoms with Crippen molar-refractivity contribution in [3.8, 4) is 39.5 Å². The van der Waals surface area contributed by atoms with Gasteiger partial charge in [0.05, 0.1) is 43.9 Å². The van der Waals surface area contributed by atoms with E-state index in [0.717, 1.165) is 140 Å². The molecule has 0 radical (unpaired) electrons. The van der Waals surface area contributed by atoms with E-state index in [4.69, 9.17) is 21.3 Å². The lowest BCUT2D eigenvalue weighted by Crippen LogP contribution is -2.10. The molecule has 2 aliphatic carbocycles. The number of ketones is 2. The number of carbonyl (C=O) groups is 2. The highest BCUT2D eigenvalue weighted by atomic mass is 79.9. The van der Waals surface area contributed by atoms with Crippen LogP contribution >= 0.6 is 39.0 Å². The van der Waals surface area contributed by atoms with E-state index in [2.05, 4.69) is 52.3 Å². The quantitative estimate of drug-likeness (QED) is 0.103. The summed E-state index contributed by atoms with van der Waals surface area (Å²) in [4.78, 5) is 40.9. The average molecular weight is 1120 g/mol. The van der Waals surface area contributed by atoms with Crippen LogP contribution in [0.25, 0.3) is 96.3 Å². The van der Waals surface area contributed by atoms with E-state index < -0.39 is 7.15 Å². The number of fused-ring (bicyclic) bond motifs is 8. The minimum atomic E-state index is -1.00. The monoisotopic (exact) mass is 1120 g/mol. The Morgan fingerprint density at radius 3 is 1.60 bits per heavy atom. The zero-order valence-corrected chi connectivity index (χ0v) is 45.4. The fourth-order valence-electron chi connectivity index (χ4n) is 11.2. The number of halogens is 2. The molecule has 7 nitrogen and oxygen atoms in total. The number of nitrogen functional groups attached to an aromatic ring is 1. The van der Waals surface area contributed by atoms with Crippen LogP contribution in [0.5, 0.6) is 17.2 Å². The molecule has 0 saturated carbocycles. The van der Waals surface area contributed by atoms with Crippen LogP contribution in [0, 0.1) is 0 Å². The second kappa shape index (κ2) is 20.4. The van der Waals surface area contributed by atoms with Crippen LogP contribution in [0.15, 0.2) is 207 Å². The summed E-state index contributed by atoms with van der Waals surface area (Å²) in [7, 11) is 4.05. The molecule has 78 heavy (non-hydrogen) atoms. The van der Waals surface area contributed by atoms with Gasteiger partial charge in [-0.25, -0.2) is 0 Å². The summed E-state index contributed by atoms with van der Waals surface area (Å²) in [6.45, 7) is 0. The molecular weight excluding hydrogens is 1080 g/mol. The summed E-state index contributed by atoms with van der Waals surface area (Å²) in [5, 5.41) is 12.2. The Hall–Kier alpha value is -8.61. The van der Waals surface area contributed by atoms with Gasteiger partial charge in [0.2, 0.25) is 0 Å². The number of ether oxygens (including phenoxy) is 3. The number of anilines is 1. The largest absolute Gasteiger partial charge is 0.496 e. The van der Waals surface area contributed by atoms with Crippen LogP contribution in [0.3, 0.4) is 0 Å². The van der Waals surface area contributed by atoms with E-state index in [1.165, 1.54) is 15.5 Å². The minimum Gasteiger partial charge on any atom is -0.496 e. The van der Waals surface area contributed by atoms with E-state index in [1.807, 2.05) is 152 Å². The Balaban J connectivity index is 0.000000117. The molecule has 12 aromatic carbocycles. The standard InChI is InChI=1S/C24H17NO2S.C24H14O2S.C18H11BrO2.CH3F/c1-27-20-13-18-14-7-2-3-8-15(14)23(26)16-9-6-10-17(22(16)18)24(20)28-21-12-5-4-11-19(21)25;1-26-19-12-18-13-6-2-3-8-16(13)23(25)17-11-10-15-14-7-4-5-9-20(14)27-24(19)22(15)21(17)18;1-21-15-9-14-10-5-2-3-6-11(10)18(20)13-8-4-7-12(16(13)14)17(15)19;1-2/h2-13H,25H2,1H3;2-12H,1H3;2-9H,1H3;1H3/i;;;1D. The second-order valence-electron chi connectivity index (χ2n) is 18.6. The van der Waals surface area contributed by atoms with Crippen molar-refractivity contribution in [1.29, 1.82) is 0 Å². The number of para-hydroxylation sites is 1. The highest BCUT2D eigenvalue weighted by Crippen LogP contribution is 2.51. The molecule has 0 spiro atoms. The van der Waals surface area contributed by atoms with Crippen molar-refractivity contribution < 1.29 is 29.6 Å². The predicted octanol–water partition coefficient (Wildman–Crippen LogP) is 17.5. The third-order valence-corrected chi connectivity index (χ3v) is 17.9. The van der Waals surface area contributed by atoms with Crippen molar-refractivity contribution in [1.82, 2.24) is 0 Å². The summed E-state index contributed by atoms with van der Waals surface area (Å²) in [5.74, 6) is 2.56. The van der Waals surface area contributed by atoms with E-state index in [1.54, 1.807) is 44.4 Å². The number of nitrogens with two attached hydrogens (primary N) is 1. The molecule has 0 bridgehead atoms. The van der Waals surface area contributed by atoms with Crippen molar-refractivity contribution in [3.05, 3.63) is 225 Å². The predicted molar refractivity (Wildman–Crippen MR) is 324 cm³/mol. The first-order chi connectivity index (χ1) is 38.6. The van der Waals surface area contributed by atoms with Gasteiger partial charge >= 0.3 is 0 Å². The Labute approximate surface area is 465 Å². The van der Waals surface area contributed by atoms with Gasteiger partial charge in [-0.15, -0.1) is 11.3 Å². The summed E-state index contributed by atoms with van der Waals surface area (Å²) in [6.07, 6.45) is 0. The van der Waals surface area contributed by atoms with E-state index >= 15 is 0 Å². The summed E-state index contributed by atoms with van der Waals surface area (Å²) in [6, 6.07) is 61.5. The normalized spacial score (nSPS) is 12.1. The summed E-state index contributed by atoms with van der Waals surface area (Å²) >= 11 is 6.88. The van der Waals surface area contributed by atoms with Crippen LogP contribution in [-0.2, 0) is 0 Å². The number of hydrogen-bond acceptors (Lipinski definition) is 9. The number of carbonyl (C=O) groups excluding carboxylic acids is 2. The van der Waals surface area contributed by atoms with E-state index in [-0.39, 0.29) is 17.0 Å². The van der Waals surface area contributed by atoms with Gasteiger partial charge in [-0.2, -0.15) is 0 Å². The molecule has 380 valence electrons. The third-order valence-electron chi connectivity index (χ3n) is 14.6. The highest BCUT2D eigenvalue weighted by molar-refractivity contribution is 9.10. The van der Waals surface area contributed by atoms with Crippen molar-refractivity contribution in [2.75, 3.05) is 34.2 Å². The fraction of sp³-hybridized carbons (Fsp3) is 0.0597. The minimum absolute atomic E-state index is 0.0639. The first kappa shape index (κ1) is 49.0. The van der Waals surface area contributed by atoms with Crippen LogP contribution in [0.1, 0.15) is 33.2 Å². The van der Waals surface area contributed by atoms with Crippen LogP contribution in [-0.4, -0.2) is 40.0 Å². The van der Waals surface area contributed by atoms with Crippen LogP contribution in [0.2, 0.25) is 0 Å². The molecule has 1 aromatic heterocycles. The molecule has 0 aliphatic heterocycles. The zero-order valence-electron chi connectivity index (χ0n) is 43.2. The van der Waals surface area contributed by atoms with Gasteiger partial charge in [0.1, 0.15) is 17.2 Å². The Bertz CT molecular complexity index is 4720. The number of rotatable bonds is 5. The molecule has 0 atom stereocenters. The molecule has 2 N–H and O–H groups in total. The van der Waals surface area contributed by atoms with Crippen molar-refractivity contribution >= 4 is 130 Å². The van der Waals surface area contributed by atoms with E-state index in [9.17, 15) is 18.8 Å². The van der Waals surface area contributed by atoms with Gasteiger partial charge in [-0.05, 0) is 102 Å². The number of benzene rings is 12. The van der Waals surface area contributed by atoms with Crippen molar-refractivity contribution in [2.45, 2.75) is 9.79 Å². The van der Waals surface area contributed by atoms with Crippen LogP contribution in [0.4, 0.5) is 10.1 Å². The first-order valence-electron chi connectivity index (χ1n) is 25.5. The van der Waals surface area contributed by atoms with Gasteiger partial charge in [0, 0.05) is 80.6 Å². The highest BCUT2D eigenvalue weighted by Gasteiger charge is 2.29. The maximum Gasteiger partial charge on any atom is 0.194 e. The molecule has 13 aromatic rings. The molecule has 0 unspecified atom stereocenters. The molecule has 1 heterocycles. The van der Waals surface area contributed by atoms with Gasteiger partial charge in [0.15, 0.2) is 17.0 Å². The van der Waals surface area contributed by atoms with Crippen LogP contribution < -0.4 is 25.4 Å². The lowest BCUT2D eigenvalue weighted by molar-refractivity contribution is 0.103. The molecule has 0 saturated heterocycles. The maximum atomic E-state index is 13.2. The topological polar surface area (TPSA) is 105 Å². The maximum absolute atomic E-state index is 13.2. The first-order valence-corrected chi connectivity index (χ1v) is 27.2. The fourth-order valence-corrected chi connectivity index (χ4v) is 14.1. The number of methoxy groups -OCH3 is 3. The zero-order chi connectivity index (χ0) is 54.6. The Kier molecular flexibility index (Phi) is 12.8. The lowest BCUT2D eigenvalue weighted by Gasteiger charge is -2.23. The molecule has 2 aliphatic rings. The summed E-state index contributed by atoms with van der Waals surface area (Å²) < 4.78 is 35.7. The Morgan fingerprint density at radius 2 is 0.962 bits per heavy atom. The third kappa shape index (κ3) is 7.94. The molecule has 0 fully saturated rings. The second-order valence-corrected chi connectivity index (χ2v) is 21.5. The summed E-state index contributed by atoms with van der Waals surface area (Å²) in [5.41, 5.74) is 14.0. The molecule has 11 heteroatoms. The number of hydrogen-bond donors (Lipinski definition) is 1. The number of alkyl halides is 1. The Morgan fingerprint density at radius 1 is 0.462 bits per heavy atom.